The summed E-state index contributed by atoms with van der Waals surface area (Å²) in [7, 11) is -3.39. The first-order valence-corrected chi connectivity index (χ1v) is 8.90. The molecule has 0 saturated carbocycles. The predicted octanol–water partition coefficient (Wildman–Crippen LogP) is 2.38. The van der Waals surface area contributed by atoms with Gasteiger partial charge in [0.05, 0.1) is 17.6 Å². The van der Waals surface area contributed by atoms with Gasteiger partial charge in [-0.25, -0.2) is 8.42 Å². The number of sulfonamides is 1. The Morgan fingerprint density at radius 1 is 1.37 bits per heavy atom. The molecule has 2 rings (SSSR count). The first-order valence-electron chi connectivity index (χ1n) is 6.34. The number of benzene rings is 1. The zero-order valence-electron chi connectivity index (χ0n) is 10.9. The van der Waals surface area contributed by atoms with Crippen LogP contribution in [-0.4, -0.2) is 38.5 Å². The zero-order valence-corrected chi connectivity index (χ0v) is 13.3. The van der Waals surface area contributed by atoms with E-state index in [-0.39, 0.29) is 6.10 Å². The first-order chi connectivity index (χ1) is 9.07. The second-order valence-corrected chi connectivity index (χ2v) is 7.04. The van der Waals surface area contributed by atoms with Crippen LogP contribution in [0, 0.1) is 0 Å². The van der Waals surface area contributed by atoms with Crippen LogP contribution in [0.2, 0.25) is 0 Å². The van der Waals surface area contributed by atoms with E-state index in [2.05, 4.69) is 15.9 Å². The van der Waals surface area contributed by atoms with Crippen molar-refractivity contribution in [3.63, 3.8) is 0 Å². The molecule has 1 saturated heterocycles. The molecule has 1 fully saturated rings. The highest BCUT2D eigenvalue weighted by atomic mass is 79.9. The molecule has 6 heteroatoms. The number of halogens is 1. The number of morpholine rings is 1. The van der Waals surface area contributed by atoms with Gasteiger partial charge < -0.3 is 4.74 Å². The molecule has 19 heavy (non-hydrogen) atoms. The monoisotopic (exact) mass is 347 g/mol. The van der Waals surface area contributed by atoms with Gasteiger partial charge in [-0.15, -0.1) is 0 Å². The van der Waals surface area contributed by atoms with Crippen molar-refractivity contribution in [2.75, 3.05) is 19.7 Å². The first kappa shape index (κ1) is 15.0. The molecular weight excluding hydrogens is 330 g/mol. The number of alkyl halides is 1. The van der Waals surface area contributed by atoms with Crippen molar-refractivity contribution in [1.29, 1.82) is 0 Å². The highest BCUT2D eigenvalue weighted by Gasteiger charge is 2.29. The molecule has 0 bridgehead atoms. The Bertz CT molecular complexity index is 515. The van der Waals surface area contributed by atoms with Crippen molar-refractivity contribution in [1.82, 2.24) is 4.31 Å². The zero-order chi connectivity index (χ0) is 13.9. The molecule has 0 N–H and O–H groups in total. The Labute approximate surface area is 122 Å². The van der Waals surface area contributed by atoms with Crippen LogP contribution in [0.5, 0.6) is 0 Å². The minimum atomic E-state index is -3.39. The van der Waals surface area contributed by atoms with Gasteiger partial charge in [0.2, 0.25) is 10.0 Å². The van der Waals surface area contributed by atoms with Gasteiger partial charge in [0.1, 0.15) is 0 Å². The van der Waals surface area contributed by atoms with Crippen LogP contribution in [0.4, 0.5) is 0 Å². The van der Waals surface area contributed by atoms with Crippen molar-refractivity contribution in [3.8, 4) is 0 Å². The van der Waals surface area contributed by atoms with Crippen molar-refractivity contribution in [2.24, 2.45) is 0 Å². The summed E-state index contributed by atoms with van der Waals surface area (Å²) in [6, 6.07) is 7.00. The SMILES string of the molecule is CCC1CN(S(=O)(=O)c2ccc(CBr)cc2)CCO1. The van der Waals surface area contributed by atoms with E-state index in [1.807, 2.05) is 19.1 Å². The van der Waals surface area contributed by atoms with Crippen LogP contribution in [0.1, 0.15) is 18.9 Å². The van der Waals surface area contributed by atoms with E-state index in [9.17, 15) is 8.42 Å². The second kappa shape index (κ2) is 6.35. The average Bonchev–Trinajstić information content (AvgIpc) is 2.47. The third-order valence-corrected chi connectivity index (χ3v) is 5.80. The van der Waals surface area contributed by atoms with Crippen LogP contribution >= 0.6 is 15.9 Å². The quantitative estimate of drug-likeness (QED) is 0.785. The van der Waals surface area contributed by atoms with Gasteiger partial charge >= 0.3 is 0 Å². The maximum absolute atomic E-state index is 12.5. The van der Waals surface area contributed by atoms with Crippen molar-refractivity contribution in [2.45, 2.75) is 29.7 Å². The van der Waals surface area contributed by atoms with Gasteiger partial charge in [0, 0.05) is 18.4 Å². The van der Waals surface area contributed by atoms with Gasteiger partial charge in [-0.2, -0.15) is 4.31 Å². The molecule has 1 unspecified atom stereocenters. The van der Waals surface area contributed by atoms with Crippen molar-refractivity contribution >= 4 is 26.0 Å². The van der Waals surface area contributed by atoms with Crippen LogP contribution in [0.25, 0.3) is 0 Å². The minimum absolute atomic E-state index is 0.00494. The Hall–Kier alpha value is -0.430. The molecule has 106 valence electrons. The maximum Gasteiger partial charge on any atom is 0.243 e. The van der Waals surface area contributed by atoms with Crippen molar-refractivity contribution in [3.05, 3.63) is 29.8 Å². The number of nitrogens with zero attached hydrogens (tertiary/aromatic N) is 1. The number of hydrogen-bond donors (Lipinski definition) is 0. The second-order valence-electron chi connectivity index (χ2n) is 4.54. The average molecular weight is 348 g/mol. The Morgan fingerprint density at radius 3 is 2.63 bits per heavy atom. The normalized spacial score (nSPS) is 21.5. The lowest BCUT2D eigenvalue weighted by Crippen LogP contribution is -2.45. The summed E-state index contributed by atoms with van der Waals surface area (Å²) in [5.74, 6) is 0. The number of hydrogen-bond acceptors (Lipinski definition) is 3. The molecule has 1 heterocycles. The van der Waals surface area contributed by atoms with Gasteiger partial charge in [-0.05, 0) is 24.1 Å². The van der Waals surface area contributed by atoms with E-state index in [1.54, 1.807) is 12.1 Å². The number of ether oxygens (including phenoxy) is 1. The van der Waals surface area contributed by atoms with E-state index in [1.165, 1.54) is 4.31 Å². The molecule has 0 aliphatic carbocycles. The van der Waals surface area contributed by atoms with E-state index in [0.29, 0.717) is 24.6 Å². The predicted molar refractivity (Wildman–Crippen MR) is 77.9 cm³/mol. The summed E-state index contributed by atoms with van der Waals surface area (Å²) in [5, 5.41) is 0.725. The fraction of sp³-hybridized carbons (Fsp3) is 0.538. The maximum atomic E-state index is 12.5. The van der Waals surface area contributed by atoms with Crippen LogP contribution in [0.3, 0.4) is 0 Å². The summed E-state index contributed by atoms with van der Waals surface area (Å²) < 4.78 is 32.0. The summed E-state index contributed by atoms with van der Waals surface area (Å²) in [6.07, 6.45) is 0.833. The molecule has 0 radical (unpaired) electrons. The summed E-state index contributed by atoms with van der Waals surface area (Å²) in [6.45, 7) is 3.35. The van der Waals surface area contributed by atoms with Crippen LogP contribution in [0.15, 0.2) is 29.2 Å². The van der Waals surface area contributed by atoms with Gasteiger partial charge in [0.25, 0.3) is 0 Å². The Morgan fingerprint density at radius 2 is 2.05 bits per heavy atom. The third kappa shape index (κ3) is 3.37. The molecule has 1 aromatic rings. The van der Waals surface area contributed by atoms with Crippen LogP contribution < -0.4 is 0 Å². The summed E-state index contributed by atoms with van der Waals surface area (Å²) in [4.78, 5) is 0.356. The Kier molecular flexibility index (Phi) is 5.00. The summed E-state index contributed by atoms with van der Waals surface area (Å²) >= 11 is 3.35. The molecule has 4 nitrogen and oxygen atoms in total. The lowest BCUT2D eigenvalue weighted by molar-refractivity contribution is -0.00277. The molecule has 1 aliphatic heterocycles. The molecule has 1 aliphatic rings. The molecule has 0 aromatic heterocycles. The standard InChI is InChI=1S/C13H18BrNO3S/c1-2-12-10-15(7-8-18-12)19(16,17)13-5-3-11(9-14)4-6-13/h3-6,12H,2,7-10H2,1H3. The molecular formula is C13H18BrNO3S. The van der Waals surface area contributed by atoms with Crippen LogP contribution in [-0.2, 0) is 20.1 Å². The van der Waals surface area contributed by atoms with E-state index in [4.69, 9.17) is 4.74 Å². The fourth-order valence-corrected chi connectivity index (χ4v) is 3.89. The Balaban J connectivity index is 2.20. The lowest BCUT2D eigenvalue weighted by atomic mass is 10.2. The van der Waals surface area contributed by atoms with E-state index in [0.717, 1.165) is 17.3 Å². The highest BCUT2D eigenvalue weighted by Crippen LogP contribution is 2.20. The number of rotatable bonds is 4. The van der Waals surface area contributed by atoms with Gasteiger partial charge in [-0.1, -0.05) is 35.0 Å². The smallest absolute Gasteiger partial charge is 0.243 e. The minimum Gasteiger partial charge on any atom is -0.375 e. The topological polar surface area (TPSA) is 46.6 Å². The largest absolute Gasteiger partial charge is 0.375 e. The van der Waals surface area contributed by atoms with E-state index >= 15 is 0 Å². The van der Waals surface area contributed by atoms with Gasteiger partial charge in [-0.3, -0.25) is 0 Å². The molecule has 1 atom stereocenters. The third-order valence-electron chi connectivity index (χ3n) is 3.27. The molecule has 0 spiro atoms. The summed E-state index contributed by atoms with van der Waals surface area (Å²) in [5.41, 5.74) is 1.06. The van der Waals surface area contributed by atoms with Gasteiger partial charge in [0.15, 0.2) is 0 Å². The highest BCUT2D eigenvalue weighted by molar-refractivity contribution is 9.08. The van der Waals surface area contributed by atoms with Crippen molar-refractivity contribution < 1.29 is 13.2 Å². The lowest BCUT2D eigenvalue weighted by Gasteiger charge is -2.31. The molecule has 0 amide bonds. The molecule has 1 aromatic carbocycles. The van der Waals surface area contributed by atoms with E-state index < -0.39 is 10.0 Å². The fourth-order valence-electron chi connectivity index (χ4n) is 2.06.